The molecule has 0 aliphatic carbocycles. The van der Waals surface area contributed by atoms with Gasteiger partial charge in [0.2, 0.25) is 5.91 Å². The second-order valence-electron chi connectivity index (χ2n) is 6.49. The minimum absolute atomic E-state index is 0.0483. The maximum absolute atomic E-state index is 12.8. The van der Waals surface area contributed by atoms with E-state index in [0.29, 0.717) is 29.5 Å². The van der Waals surface area contributed by atoms with E-state index in [2.05, 4.69) is 4.98 Å². The largest absolute Gasteiger partial charge is 0.335 e. The van der Waals surface area contributed by atoms with Gasteiger partial charge in [-0.1, -0.05) is 31.0 Å². The Morgan fingerprint density at radius 2 is 2.27 bits per heavy atom. The van der Waals surface area contributed by atoms with Gasteiger partial charge < -0.3 is 4.90 Å². The minimum atomic E-state index is -3.05. The molecule has 3 heterocycles. The predicted octanol–water partition coefficient (Wildman–Crippen LogP) is 2.82. The maximum atomic E-state index is 12.8. The number of sulfone groups is 1. The highest BCUT2D eigenvalue weighted by molar-refractivity contribution is 7.91. The fourth-order valence-corrected chi connectivity index (χ4v) is 5.17. The molecule has 1 amide bonds. The van der Waals surface area contributed by atoms with Crippen LogP contribution in [0, 0.1) is 0 Å². The summed E-state index contributed by atoms with van der Waals surface area (Å²) in [6.07, 6.45) is 7.22. The SMILES string of the molecule is CCCCN(C(=O)C=Cc1c(Cl)nc2ccccn12)C1CCS(=O)(=O)C1. The predicted molar refractivity (Wildman–Crippen MR) is 103 cm³/mol. The smallest absolute Gasteiger partial charge is 0.246 e. The van der Waals surface area contributed by atoms with Crippen LogP contribution in [0.2, 0.25) is 5.15 Å². The lowest BCUT2D eigenvalue weighted by Gasteiger charge is -2.27. The average Bonchev–Trinajstić information content (AvgIpc) is 3.12. The first kappa shape index (κ1) is 18.9. The minimum Gasteiger partial charge on any atom is -0.335 e. The van der Waals surface area contributed by atoms with Gasteiger partial charge in [-0.25, -0.2) is 13.4 Å². The summed E-state index contributed by atoms with van der Waals surface area (Å²) in [5.41, 5.74) is 1.33. The molecule has 2 aromatic rings. The molecule has 1 aliphatic heterocycles. The fourth-order valence-electron chi connectivity index (χ4n) is 3.20. The van der Waals surface area contributed by atoms with Gasteiger partial charge in [0.05, 0.1) is 17.2 Å². The molecule has 1 fully saturated rings. The van der Waals surface area contributed by atoms with Crippen LogP contribution < -0.4 is 0 Å². The molecule has 0 radical (unpaired) electrons. The van der Waals surface area contributed by atoms with Gasteiger partial charge in [0.25, 0.3) is 0 Å². The van der Waals surface area contributed by atoms with Gasteiger partial charge in [-0.05, 0) is 31.1 Å². The van der Waals surface area contributed by atoms with Crippen molar-refractivity contribution in [3.8, 4) is 0 Å². The van der Waals surface area contributed by atoms with Crippen molar-refractivity contribution in [3.63, 3.8) is 0 Å². The first-order valence-electron chi connectivity index (χ1n) is 8.73. The lowest BCUT2D eigenvalue weighted by atomic mass is 10.2. The Balaban J connectivity index is 1.82. The van der Waals surface area contributed by atoms with Crippen LogP contribution in [0.4, 0.5) is 0 Å². The number of halogens is 1. The molecular weight excluding hydrogens is 374 g/mol. The number of pyridine rings is 1. The van der Waals surface area contributed by atoms with Crippen molar-refractivity contribution in [2.45, 2.75) is 32.2 Å². The number of fused-ring (bicyclic) bond motifs is 1. The summed E-state index contributed by atoms with van der Waals surface area (Å²) in [7, 11) is -3.05. The third kappa shape index (κ3) is 4.10. The van der Waals surface area contributed by atoms with E-state index in [0.717, 1.165) is 12.8 Å². The summed E-state index contributed by atoms with van der Waals surface area (Å²) in [4.78, 5) is 18.7. The lowest BCUT2D eigenvalue weighted by Crippen LogP contribution is -2.40. The lowest BCUT2D eigenvalue weighted by molar-refractivity contribution is -0.127. The third-order valence-corrected chi connectivity index (χ3v) is 6.62. The number of unbranched alkanes of at least 4 members (excludes halogenated alkanes) is 1. The van der Waals surface area contributed by atoms with Crippen molar-refractivity contribution in [2.24, 2.45) is 0 Å². The van der Waals surface area contributed by atoms with Crippen molar-refractivity contribution in [1.29, 1.82) is 0 Å². The van der Waals surface area contributed by atoms with Crippen molar-refractivity contribution in [3.05, 3.63) is 41.3 Å². The van der Waals surface area contributed by atoms with Gasteiger partial charge in [0, 0.05) is 24.9 Å². The number of carbonyl (C=O) groups is 1. The van der Waals surface area contributed by atoms with Crippen molar-refractivity contribution >= 4 is 39.1 Å². The van der Waals surface area contributed by atoms with Crippen LogP contribution in [0.5, 0.6) is 0 Å². The second-order valence-corrected chi connectivity index (χ2v) is 9.08. The summed E-state index contributed by atoms with van der Waals surface area (Å²) in [6.45, 7) is 2.60. The van der Waals surface area contributed by atoms with E-state index < -0.39 is 9.84 Å². The number of hydrogen-bond donors (Lipinski definition) is 0. The Kier molecular flexibility index (Phi) is 5.67. The summed E-state index contributed by atoms with van der Waals surface area (Å²) in [5, 5.41) is 0.323. The van der Waals surface area contributed by atoms with E-state index in [9.17, 15) is 13.2 Å². The number of aromatic nitrogens is 2. The van der Waals surface area contributed by atoms with E-state index in [1.165, 1.54) is 6.08 Å². The summed E-state index contributed by atoms with van der Waals surface area (Å²) < 4.78 is 25.4. The topological polar surface area (TPSA) is 71.8 Å². The molecule has 1 aliphatic rings. The van der Waals surface area contributed by atoms with Gasteiger partial charge >= 0.3 is 0 Å². The highest BCUT2D eigenvalue weighted by Crippen LogP contribution is 2.21. The van der Waals surface area contributed by atoms with Crippen LogP contribution in [-0.4, -0.2) is 52.7 Å². The Morgan fingerprint density at radius 3 is 2.96 bits per heavy atom. The quantitative estimate of drug-likeness (QED) is 0.705. The Morgan fingerprint density at radius 1 is 1.46 bits per heavy atom. The van der Waals surface area contributed by atoms with Crippen LogP contribution in [0.25, 0.3) is 11.7 Å². The Hall–Kier alpha value is -1.86. The maximum Gasteiger partial charge on any atom is 0.246 e. The van der Waals surface area contributed by atoms with Gasteiger partial charge in [-0.3, -0.25) is 9.20 Å². The summed E-state index contributed by atoms with van der Waals surface area (Å²) in [5.74, 6) is 0.00533. The molecule has 0 N–H and O–H groups in total. The number of amides is 1. The molecule has 1 unspecified atom stereocenters. The van der Waals surface area contributed by atoms with Crippen LogP contribution in [0.3, 0.4) is 0 Å². The summed E-state index contributed by atoms with van der Waals surface area (Å²) >= 11 is 6.19. The number of nitrogens with zero attached hydrogens (tertiary/aromatic N) is 3. The molecule has 0 bridgehead atoms. The standard InChI is InChI=1S/C18H22ClN3O3S/c1-2-3-10-21(14-9-12-26(24,25)13-14)17(23)8-7-15-18(19)20-16-6-4-5-11-22(15)16/h4-8,11,14H,2-3,9-10,12-13H2,1H3. The molecule has 0 saturated carbocycles. The highest BCUT2D eigenvalue weighted by atomic mass is 35.5. The van der Waals surface area contributed by atoms with E-state index in [1.54, 1.807) is 11.0 Å². The number of imidazole rings is 1. The third-order valence-electron chi connectivity index (χ3n) is 4.59. The zero-order valence-electron chi connectivity index (χ0n) is 14.6. The molecule has 1 atom stereocenters. The molecule has 2 aromatic heterocycles. The Labute approximate surface area is 158 Å². The average molecular weight is 396 g/mol. The van der Waals surface area contributed by atoms with Crippen molar-refractivity contribution in [2.75, 3.05) is 18.1 Å². The molecule has 3 rings (SSSR count). The van der Waals surface area contributed by atoms with E-state index in [1.807, 2.05) is 35.7 Å². The first-order chi connectivity index (χ1) is 12.4. The van der Waals surface area contributed by atoms with Crippen LogP contribution in [0.15, 0.2) is 30.5 Å². The zero-order valence-corrected chi connectivity index (χ0v) is 16.2. The van der Waals surface area contributed by atoms with Gasteiger partial charge in [0.15, 0.2) is 15.0 Å². The normalized spacial score (nSPS) is 19.4. The Bertz CT molecular complexity index is 936. The summed E-state index contributed by atoms with van der Waals surface area (Å²) in [6, 6.07) is 5.31. The molecule has 8 heteroatoms. The van der Waals surface area contributed by atoms with Gasteiger partial charge in [0.1, 0.15) is 5.65 Å². The van der Waals surface area contributed by atoms with Gasteiger partial charge in [-0.2, -0.15) is 0 Å². The number of hydrogen-bond acceptors (Lipinski definition) is 4. The highest BCUT2D eigenvalue weighted by Gasteiger charge is 2.33. The van der Waals surface area contributed by atoms with Crippen molar-refractivity contribution < 1.29 is 13.2 Å². The zero-order chi connectivity index (χ0) is 18.7. The van der Waals surface area contributed by atoms with Crippen LogP contribution >= 0.6 is 11.6 Å². The fraction of sp³-hybridized carbons (Fsp3) is 0.444. The number of rotatable bonds is 6. The second kappa shape index (κ2) is 7.80. The van der Waals surface area contributed by atoms with E-state index in [4.69, 9.17) is 11.6 Å². The van der Waals surface area contributed by atoms with E-state index in [-0.39, 0.29) is 23.5 Å². The molecule has 6 nitrogen and oxygen atoms in total. The first-order valence-corrected chi connectivity index (χ1v) is 10.9. The van der Waals surface area contributed by atoms with E-state index >= 15 is 0 Å². The molecule has 1 saturated heterocycles. The number of carbonyl (C=O) groups excluding carboxylic acids is 1. The monoisotopic (exact) mass is 395 g/mol. The van der Waals surface area contributed by atoms with Crippen LogP contribution in [-0.2, 0) is 14.6 Å². The molecule has 0 aromatic carbocycles. The molecule has 0 spiro atoms. The van der Waals surface area contributed by atoms with Gasteiger partial charge in [-0.15, -0.1) is 0 Å². The van der Waals surface area contributed by atoms with Crippen molar-refractivity contribution in [1.82, 2.24) is 14.3 Å². The molecular formula is C18H22ClN3O3S. The molecule has 26 heavy (non-hydrogen) atoms. The van der Waals surface area contributed by atoms with Crippen LogP contribution in [0.1, 0.15) is 31.9 Å². The molecule has 140 valence electrons.